The van der Waals surface area contributed by atoms with Gasteiger partial charge in [-0.05, 0) is 38.2 Å². The summed E-state index contributed by atoms with van der Waals surface area (Å²) in [7, 11) is 2.12. The van der Waals surface area contributed by atoms with E-state index in [2.05, 4.69) is 24.9 Å². The number of rotatable bonds is 3. The highest BCUT2D eigenvalue weighted by molar-refractivity contribution is 7.12. The van der Waals surface area contributed by atoms with Crippen molar-refractivity contribution >= 4 is 28.8 Å². The van der Waals surface area contributed by atoms with Crippen molar-refractivity contribution in [3.05, 3.63) is 50.2 Å². The van der Waals surface area contributed by atoms with Gasteiger partial charge in [-0.2, -0.15) is 0 Å². The Morgan fingerprint density at radius 1 is 1.43 bits per heavy atom. The summed E-state index contributed by atoms with van der Waals surface area (Å²) < 4.78 is 6.18. The van der Waals surface area contributed by atoms with E-state index in [1.165, 1.54) is 15.3 Å². The van der Waals surface area contributed by atoms with Crippen LogP contribution in [-0.2, 0) is 6.54 Å². The summed E-state index contributed by atoms with van der Waals surface area (Å²) in [5.74, 6) is 0.0892. The Hall–Kier alpha value is -1.56. The maximum Gasteiger partial charge on any atom is 0.248 e. The SMILES string of the molecule is Cc1cc2c(s1)CN(C)CCC2Oc1ccc(C(N)=O)cc1Cl. The Morgan fingerprint density at radius 3 is 2.91 bits per heavy atom. The molecule has 1 amide bonds. The maximum absolute atomic E-state index is 11.2. The van der Waals surface area contributed by atoms with Gasteiger partial charge in [0.05, 0.1) is 5.02 Å². The van der Waals surface area contributed by atoms with Gasteiger partial charge in [0.2, 0.25) is 5.91 Å². The second-order valence-corrected chi connectivity index (χ2v) is 7.63. The van der Waals surface area contributed by atoms with Crippen molar-refractivity contribution in [3.8, 4) is 5.75 Å². The first-order valence-corrected chi connectivity index (χ1v) is 8.67. The van der Waals surface area contributed by atoms with E-state index >= 15 is 0 Å². The molecule has 2 N–H and O–H groups in total. The Kier molecular flexibility index (Phi) is 4.62. The Labute approximate surface area is 144 Å². The van der Waals surface area contributed by atoms with Gasteiger partial charge in [-0.25, -0.2) is 0 Å². The van der Waals surface area contributed by atoms with Crippen molar-refractivity contribution in [1.29, 1.82) is 0 Å². The fraction of sp³-hybridized carbons (Fsp3) is 0.353. The topological polar surface area (TPSA) is 55.6 Å². The molecule has 1 aliphatic rings. The van der Waals surface area contributed by atoms with E-state index in [4.69, 9.17) is 22.1 Å². The van der Waals surface area contributed by atoms with Crippen molar-refractivity contribution in [2.24, 2.45) is 5.73 Å². The number of fused-ring (bicyclic) bond motifs is 1. The quantitative estimate of drug-likeness (QED) is 0.916. The summed E-state index contributed by atoms with van der Waals surface area (Å²) >= 11 is 8.07. The van der Waals surface area contributed by atoms with Gasteiger partial charge in [0.25, 0.3) is 0 Å². The van der Waals surface area contributed by atoms with Crippen LogP contribution in [0.3, 0.4) is 0 Å². The number of aryl methyl sites for hydroxylation is 1. The fourth-order valence-electron chi connectivity index (χ4n) is 2.82. The lowest BCUT2D eigenvalue weighted by atomic mass is 10.1. The molecule has 122 valence electrons. The summed E-state index contributed by atoms with van der Waals surface area (Å²) in [6, 6.07) is 7.12. The Bertz CT molecular complexity index is 744. The number of amides is 1. The number of primary amides is 1. The number of hydrogen-bond acceptors (Lipinski definition) is 4. The minimum Gasteiger partial charge on any atom is -0.484 e. The van der Waals surface area contributed by atoms with Crippen LogP contribution in [0.2, 0.25) is 5.02 Å². The number of nitrogens with zero attached hydrogens (tertiary/aromatic N) is 1. The van der Waals surface area contributed by atoms with Gasteiger partial charge < -0.3 is 15.4 Å². The zero-order chi connectivity index (χ0) is 16.6. The molecule has 4 nitrogen and oxygen atoms in total. The van der Waals surface area contributed by atoms with Crippen molar-refractivity contribution in [3.63, 3.8) is 0 Å². The van der Waals surface area contributed by atoms with Crippen molar-refractivity contribution in [2.45, 2.75) is 26.0 Å². The molecular weight excluding hydrogens is 332 g/mol. The highest BCUT2D eigenvalue weighted by Crippen LogP contribution is 2.37. The lowest BCUT2D eigenvalue weighted by Gasteiger charge is -2.19. The van der Waals surface area contributed by atoms with Gasteiger partial charge in [0.1, 0.15) is 11.9 Å². The Morgan fingerprint density at radius 2 is 2.22 bits per heavy atom. The van der Waals surface area contributed by atoms with Crippen LogP contribution in [-0.4, -0.2) is 24.4 Å². The lowest BCUT2D eigenvalue weighted by Crippen LogP contribution is -2.18. The number of carbonyl (C=O) groups is 1. The molecule has 1 aromatic heterocycles. The fourth-order valence-corrected chi connectivity index (χ4v) is 4.21. The minimum absolute atomic E-state index is 0.0307. The summed E-state index contributed by atoms with van der Waals surface area (Å²) in [4.78, 5) is 16.2. The zero-order valence-electron chi connectivity index (χ0n) is 13.1. The normalized spacial score (nSPS) is 18.3. The maximum atomic E-state index is 11.2. The van der Waals surface area contributed by atoms with Crippen LogP contribution in [0.1, 0.15) is 38.2 Å². The standard InChI is InChI=1S/C17H19ClN2O2S/c1-10-7-12-14(5-6-20(2)9-16(12)23-10)22-15-4-3-11(17(19)21)8-13(15)18/h3-4,7-8,14H,5-6,9H2,1-2H3,(H2,19,21). The smallest absolute Gasteiger partial charge is 0.248 e. The highest BCUT2D eigenvalue weighted by Gasteiger charge is 2.25. The van der Waals surface area contributed by atoms with Crippen LogP contribution in [0.4, 0.5) is 0 Å². The third kappa shape index (κ3) is 3.52. The van der Waals surface area contributed by atoms with Crippen LogP contribution in [0.5, 0.6) is 5.75 Å². The van der Waals surface area contributed by atoms with Gasteiger partial charge in [0.15, 0.2) is 0 Å². The van der Waals surface area contributed by atoms with Crippen LogP contribution in [0.15, 0.2) is 24.3 Å². The van der Waals surface area contributed by atoms with Gasteiger partial charge in [-0.15, -0.1) is 11.3 Å². The molecule has 0 saturated heterocycles. The molecule has 23 heavy (non-hydrogen) atoms. The van der Waals surface area contributed by atoms with Crippen LogP contribution >= 0.6 is 22.9 Å². The molecule has 1 unspecified atom stereocenters. The average molecular weight is 351 g/mol. The zero-order valence-corrected chi connectivity index (χ0v) is 14.7. The monoisotopic (exact) mass is 350 g/mol. The average Bonchev–Trinajstić information content (AvgIpc) is 2.78. The van der Waals surface area contributed by atoms with Gasteiger partial charge in [0, 0.05) is 40.4 Å². The molecule has 0 saturated carbocycles. The molecule has 1 aromatic carbocycles. The van der Waals surface area contributed by atoms with Crippen LogP contribution in [0.25, 0.3) is 0 Å². The number of hydrogen-bond donors (Lipinski definition) is 1. The minimum atomic E-state index is -0.495. The molecule has 1 aliphatic heterocycles. The van der Waals surface area contributed by atoms with Crippen LogP contribution < -0.4 is 10.5 Å². The van der Waals surface area contributed by atoms with E-state index in [1.54, 1.807) is 18.2 Å². The number of nitrogens with two attached hydrogens (primary N) is 1. The number of benzene rings is 1. The van der Waals surface area contributed by atoms with Gasteiger partial charge in [-0.1, -0.05) is 11.6 Å². The van der Waals surface area contributed by atoms with Crippen molar-refractivity contribution in [2.75, 3.05) is 13.6 Å². The van der Waals surface area contributed by atoms with Gasteiger partial charge >= 0.3 is 0 Å². The third-order valence-electron chi connectivity index (χ3n) is 3.98. The molecule has 3 rings (SSSR count). The molecular formula is C17H19ClN2O2S. The number of halogens is 1. The predicted molar refractivity (Wildman–Crippen MR) is 93.3 cm³/mol. The summed E-state index contributed by atoms with van der Waals surface area (Å²) in [5, 5.41) is 0.410. The summed E-state index contributed by atoms with van der Waals surface area (Å²) in [6.07, 6.45) is 0.866. The number of ether oxygens (including phenoxy) is 1. The van der Waals surface area contributed by atoms with Gasteiger partial charge in [-0.3, -0.25) is 4.79 Å². The molecule has 0 bridgehead atoms. The van der Waals surface area contributed by atoms with Crippen molar-refractivity contribution in [1.82, 2.24) is 4.90 Å². The highest BCUT2D eigenvalue weighted by atomic mass is 35.5. The largest absolute Gasteiger partial charge is 0.484 e. The summed E-state index contributed by atoms with van der Waals surface area (Å²) in [6.45, 7) is 4.02. The second-order valence-electron chi connectivity index (χ2n) is 5.88. The van der Waals surface area contributed by atoms with E-state index in [0.717, 1.165) is 19.5 Å². The summed E-state index contributed by atoms with van der Waals surface area (Å²) in [5.41, 5.74) is 6.90. The molecule has 0 spiro atoms. The predicted octanol–water partition coefficient (Wildman–Crippen LogP) is 3.76. The Balaban J connectivity index is 1.89. The van der Waals surface area contributed by atoms with Crippen molar-refractivity contribution < 1.29 is 9.53 Å². The molecule has 0 fully saturated rings. The molecule has 2 aromatic rings. The second kappa shape index (κ2) is 6.51. The number of thiophene rings is 1. The molecule has 6 heteroatoms. The number of carbonyl (C=O) groups excluding carboxylic acids is 1. The van der Waals surface area contributed by atoms with E-state index in [0.29, 0.717) is 16.3 Å². The van der Waals surface area contributed by atoms with E-state index in [-0.39, 0.29) is 6.10 Å². The van der Waals surface area contributed by atoms with E-state index in [1.807, 2.05) is 11.3 Å². The first-order chi connectivity index (χ1) is 10.9. The molecule has 0 aliphatic carbocycles. The first kappa shape index (κ1) is 16.3. The van der Waals surface area contributed by atoms with Crippen LogP contribution in [0, 0.1) is 6.92 Å². The third-order valence-corrected chi connectivity index (χ3v) is 5.33. The lowest BCUT2D eigenvalue weighted by molar-refractivity contribution is 0.1000. The molecule has 1 atom stereocenters. The molecule has 0 radical (unpaired) electrons. The van der Waals surface area contributed by atoms with E-state index in [9.17, 15) is 4.79 Å². The first-order valence-electron chi connectivity index (χ1n) is 7.48. The molecule has 2 heterocycles. The van der Waals surface area contributed by atoms with E-state index < -0.39 is 5.91 Å².